The molecule has 1 aromatic carbocycles. The Morgan fingerprint density at radius 1 is 0.549 bits per heavy atom. The summed E-state index contributed by atoms with van der Waals surface area (Å²) in [6, 6.07) is 6.68. The van der Waals surface area contributed by atoms with Gasteiger partial charge in [-0.2, -0.15) is 0 Å². The molecule has 4 heterocycles. The van der Waals surface area contributed by atoms with Gasteiger partial charge in [-0.3, -0.25) is 9.59 Å². The number of nitrogens with one attached hydrogen (secondary N) is 2. The van der Waals surface area contributed by atoms with Crippen LogP contribution >= 0.6 is 0 Å². The summed E-state index contributed by atoms with van der Waals surface area (Å²) in [6.45, 7) is 25.0. The number of rotatable bonds is 24. The summed E-state index contributed by atoms with van der Waals surface area (Å²) < 4.78 is 51.6. The van der Waals surface area contributed by atoms with Crippen LogP contribution in [0.5, 0.6) is 0 Å². The molecule has 0 aromatic heterocycles. The number of hydrogen-bond acceptors (Lipinski definition) is 16. The summed E-state index contributed by atoms with van der Waals surface area (Å²) in [5.41, 5.74) is -1.48. The number of hydrogen-bond donors (Lipinski definition) is 8. The number of amides is 2. The lowest BCUT2D eigenvalue weighted by Crippen LogP contribution is -2.60. The Morgan fingerprint density at radius 3 is 1.20 bits per heavy atom. The van der Waals surface area contributed by atoms with Crippen LogP contribution in [0.25, 0.3) is 0 Å². The lowest BCUT2D eigenvalue weighted by Gasteiger charge is -2.49. The van der Waals surface area contributed by atoms with Crippen molar-refractivity contribution in [2.75, 3.05) is 26.3 Å². The van der Waals surface area contributed by atoms with Gasteiger partial charge in [0.15, 0.2) is 25.2 Å². The van der Waals surface area contributed by atoms with Crippen molar-refractivity contribution in [3.8, 4) is 0 Å². The fraction of sp³-hybridized carbons (Fsp3) is 0.875. The molecule has 2 amide bonds. The van der Waals surface area contributed by atoms with E-state index in [4.69, 9.17) is 37.9 Å². The number of carbonyl (C=O) groups excluding carboxylic acids is 2. The van der Waals surface area contributed by atoms with Gasteiger partial charge in [-0.25, -0.2) is 0 Å². The van der Waals surface area contributed by atoms with E-state index in [-0.39, 0.29) is 72.7 Å². The smallest absolute Gasteiger partial charge is 0.251 e. The van der Waals surface area contributed by atoms with Crippen molar-refractivity contribution < 1.29 is 78.1 Å². The quantitative estimate of drug-likeness (QED) is 0.0463. The third-order valence-corrected chi connectivity index (χ3v) is 20.3. The van der Waals surface area contributed by atoms with Crippen LogP contribution in [0.1, 0.15) is 194 Å². The van der Waals surface area contributed by atoms with Gasteiger partial charge in [0.2, 0.25) is 0 Å². The van der Waals surface area contributed by atoms with Crippen molar-refractivity contribution in [3.63, 3.8) is 0 Å². The molecule has 0 bridgehead atoms. The van der Waals surface area contributed by atoms with Crippen LogP contribution in [0.15, 0.2) is 24.3 Å². The first-order valence-electron chi connectivity index (χ1n) is 31.9. The molecule has 6 fully saturated rings. The minimum atomic E-state index is -1.19. The highest BCUT2D eigenvalue weighted by molar-refractivity contribution is 5.97. The van der Waals surface area contributed by atoms with Gasteiger partial charge in [0.1, 0.15) is 24.4 Å². The first kappa shape index (κ1) is 67.1. The molecule has 82 heavy (non-hydrogen) atoms. The first-order chi connectivity index (χ1) is 38.9. The normalized spacial score (nSPS) is 42.7. The molecule has 2 aliphatic carbocycles. The second-order valence-electron chi connectivity index (χ2n) is 26.8. The van der Waals surface area contributed by atoms with E-state index in [0.29, 0.717) is 61.7 Å². The summed E-state index contributed by atoms with van der Waals surface area (Å²) in [6.07, 6.45) is 1.15. The van der Waals surface area contributed by atoms with E-state index in [2.05, 4.69) is 52.2 Å². The van der Waals surface area contributed by atoms with Gasteiger partial charge in [0, 0.05) is 47.9 Å². The van der Waals surface area contributed by atoms with Crippen LogP contribution in [-0.4, -0.2) is 166 Å². The summed E-state index contributed by atoms with van der Waals surface area (Å²) in [5.74, 6) is -0.703. The Balaban J connectivity index is 0.875. The molecule has 7 rings (SSSR count). The molecule has 1 aromatic rings. The van der Waals surface area contributed by atoms with E-state index in [1.54, 1.807) is 38.1 Å². The monoisotopic (exact) mass is 1160 g/mol. The van der Waals surface area contributed by atoms with Crippen LogP contribution in [0.3, 0.4) is 0 Å². The zero-order valence-electron chi connectivity index (χ0n) is 51.7. The Kier molecular flexibility index (Phi) is 24.6. The summed E-state index contributed by atoms with van der Waals surface area (Å²) in [4.78, 5) is 26.8. The molecular weight excluding hydrogens is 1050 g/mol. The van der Waals surface area contributed by atoms with Crippen LogP contribution in [0.4, 0.5) is 0 Å². The van der Waals surface area contributed by atoms with E-state index >= 15 is 0 Å². The van der Waals surface area contributed by atoms with Gasteiger partial charge in [0.05, 0.1) is 61.0 Å². The highest BCUT2D eigenvalue weighted by Gasteiger charge is 2.53. The SMILES string of the molecule is CCC(C)[C@@H]1CCC(CCCNC(=O)c2ccc(C(=O)NCCC[C@@H]3CC[C@@H](C(C)CC)OC3OC3[C@H](O)C(OC4OC[C@](C)(O)[C@H](CC)[C@H]4O)[C@H](C)C[C@@H]3C)cc2)C(OC2[C@H](O)C(OC3OC[C@](C)(O)[C@H](CC)[C@H]3O)[C@H](C)C[C@@H]2C)O1. The maximum Gasteiger partial charge on any atom is 0.251 e. The maximum absolute atomic E-state index is 13.4. The van der Waals surface area contributed by atoms with Gasteiger partial charge in [-0.05, 0) is 151 Å². The second kappa shape index (κ2) is 30.0. The van der Waals surface area contributed by atoms with Crippen molar-refractivity contribution in [2.24, 2.45) is 59.2 Å². The zero-order chi connectivity index (χ0) is 59.8. The van der Waals surface area contributed by atoms with Crippen LogP contribution in [-0.2, 0) is 37.9 Å². The minimum Gasteiger partial charge on any atom is -0.388 e. The van der Waals surface area contributed by atoms with Crippen molar-refractivity contribution in [1.29, 1.82) is 0 Å². The summed E-state index contributed by atoms with van der Waals surface area (Å²) >= 11 is 0. The highest BCUT2D eigenvalue weighted by atomic mass is 16.7. The largest absolute Gasteiger partial charge is 0.388 e. The number of benzene rings is 1. The molecule has 26 atom stereocenters. The molecule has 2 saturated carbocycles. The van der Waals surface area contributed by atoms with Crippen LogP contribution in [0.2, 0.25) is 0 Å². The van der Waals surface area contributed by atoms with Crippen molar-refractivity contribution in [1.82, 2.24) is 10.6 Å². The molecule has 470 valence electrons. The minimum absolute atomic E-state index is 0.00125. The van der Waals surface area contributed by atoms with Gasteiger partial charge in [-0.15, -0.1) is 0 Å². The molecule has 4 saturated heterocycles. The fourth-order valence-corrected chi connectivity index (χ4v) is 14.6. The predicted molar refractivity (Wildman–Crippen MR) is 309 cm³/mol. The van der Waals surface area contributed by atoms with Crippen LogP contribution in [0, 0.1) is 59.2 Å². The Labute approximate surface area is 490 Å². The van der Waals surface area contributed by atoms with Crippen molar-refractivity contribution in [2.45, 2.75) is 270 Å². The van der Waals surface area contributed by atoms with E-state index in [1.807, 2.05) is 27.7 Å². The molecule has 6 aliphatic rings. The molecular formula is C64H108N2O16. The van der Waals surface area contributed by atoms with Gasteiger partial charge in [-0.1, -0.05) is 82.1 Å². The first-order valence-corrected chi connectivity index (χ1v) is 31.9. The molecule has 18 nitrogen and oxygen atoms in total. The van der Waals surface area contributed by atoms with Crippen molar-refractivity contribution >= 4 is 11.8 Å². The zero-order valence-corrected chi connectivity index (χ0v) is 51.7. The Morgan fingerprint density at radius 2 is 0.878 bits per heavy atom. The predicted octanol–water partition coefficient (Wildman–Crippen LogP) is 7.64. The molecule has 8 N–H and O–H groups in total. The Hall–Kier alpha value is -2.40. The van der Waals surface area contributed by atoms with Crippen LogP contribution < -0.4 is 10.6 Å². The average molecular weight is 1160 g/mol. The highest BCUT2D eigenvalue weighted by Crippen LogP contribution is 2.44. The van der Waals surface area contributed by atoms with Crippen molar-refractivity contribution in [3.05, 3.63) is 35.4 Å². The molecule has 11 unspecified atom stereocenters. The molecule has 4 aliphatic heterocycles. The molecule has 0 spiro atoms. The standard InChI is InChI=1S/C64H108N2O16/c1-13-35(5)47-27-25-43(59(77-47)79-53-37(7)31-39(9)55(51(53)69)81-61-49(67)45(15-3)63(11,73)33-75-61)19-17-29-65-57(71)41-21-23-42(24-22-41)58(72)66-30-18-20-44-26-28-48(36(6)14-2)78-60(44)80-54-38(8)32-40(10)56(52(54)70)82-62-50(68)46(16-4)64(12,74)34-76-62/h21-24,35-40,43-56,59-62,67-70,73-74H,13-20,25-34H2,1-12H3,(H,65,71)(H,66,72)/t35?,36?,37-,38-,39+,40+,43+,44?,45+,46+,47-,48-,49+,50+,51-,52-,53?,54?,55?,56?,59?,60?,61?,62?,63-,64-/m0/s1. The summed E-state index contributed by atoms with van der Waals surface area (Å²) in [7, 11) is 0. The lowest BCUT2D eigenvalue weighted by molar-refractivity contribution is -0.325. The average Bonchev–Trinajstić information content (AvgIpc) is 3.51. The number of ether oxygens (including phenoxy) is 8. The van der Waals surface area contributed by atoms with E-state index in [1.165, 1.54) is 0 Å². The van der Waals surface area contributed by atoms with E-state index in [9.17, 15) is 40.2 Å². The summed E-state index contributed by atoms with van der Waals surface area (Å²) in [5, 5.41) is 74.1. The second-order valence-corrected chi connectivity index (χ2v) is 26.8. The van der Waals surface area contributed by atoms with E-state index in [0.717, 1.165) is 64.2 Å². The number of carbonyl (C=O) groups is 2. The topological polar surface area (TPSA) is 253 Å². The maximum atomic E-state index is 13.4. The third kappa shape index (κ3) is 16.2. The van der Waals surface area contributed by atoms with Gasteiger partial charge < -0.3 is 79.2 Å². The lowest BCUT2D eigenvalue weighted by atomic mass is 9.76. The number of aliphatic hydroxyl groups excluding tert-OH is 4. The molecule has 18 heteroatoms. The third-order valence-electron chi connectivity index (χ3n) is 20.3. The van der Waals surface area contributed by atoms with Gasteiger partial charge >= 0.3 is 0 Å². The molecule has 0 radical (unpaired) electrons. The Bertz CT molecular complexity index is 1970. The fourth-order valence-electron chi connectivity index (χ4n) is 14.6. The number of aliphatic hydroxyl groups is 6. The van der Waals surface area contributed by atoms with E-state index < -0.39 is 97.0 Å². The van der Waals surface area contributed by atoms with Gasteiger partial charge in [0.25, 0.3) is 11.8 Å².